The molecule has 0 saturated carbocycles. The van der Waals surface area contributed by atoms with Crippen molar-refractivity contribution in [2.24, 2.45) is 0 Å². The maximum absolute atomic E-state index is 6.68. The van der Waals surface area contributed by atoms with Crippen molar-refractivity contribution < 1.29 is 4.42 Å². The van der Waals surface area contributed by atoms with Gasteiger partial charge in [-0.3, -0.25) is 0 Å². The third-order valence-corrected chi connectivity index (χ3v) is 22.6. The van der Waals surface area contributed by atoms with Gasteiger partial charge in [0.05, 0.1) is 11.0 Å². The van der Waals surface area contributed by atoms with Crippen molar-refractivity contribution in [2.75, 3.05) is 9.80 Å². The van der Waals surface area contributed by atoms with Gasteiger partial charge in [0.2, 0.25) is 0 Å². The molecule has 0 saturated heterocycles. The molecule has 6 heteroatoms. The van der Waals surface area contributed by atoms with Crippen LogP contribution in [0.4, 0.5) is 34.1 Å². The Bertz CT molecular complexity index is 6000. The van der Waals surface area contributed by atoms with Crippen LogP contribution < -0.4 is 26.2 Å². The van der Waals surface area contributed by atoms with Crippen molar-refractivity contribution >= 4 is 135 Å². The van der Waals surface area contributed by atoms with E-state index in [4.69, 9.17) is 4.42 Å². The predicted octanol–water partition coefficient (Wildman–Crippen LogP) is 22.1. The van der Waals surface area contributed by atoms with Crippen molar-refractivity contribution in [3.8, 4) is 72.4 Å². The normalized spacial score (nSPS) is 12.5. The second kappa shape index (κ2) is 21.8. The molecule has 0 bridgehead atoms. The summed E-state index contributed by atoms with van der Waals surface area (Å²) in [7, 11) is 0. The van der Waals surface area contributed by atoms with Crippen molar-refractivity contribution in [1.29, 1.82) is 0 Å². The van der Waals surface area contributed by atoms with Crippen molar-refractivity contribution in [3.05, 3.63) is 340 Å². The van der Waals surface area contributed by atoms with Crippen molar-refractivity contribution in [1.82, 2.24) is 4.57 Å². The fourth-order valence-electron chi connectivity index (χ4n) is 16.0. The molecule has 3 aromatic heterocycles. The van der Waals surface area contributed by atoms with Gasteiger partial charge in [0.25, 0.3) is 0 Å². The Morgan fingerprint density at radius 1 is 0.271 bits per heavy atom. The molecule has 0 atom stereocenters. The molecule has 18 aromatic rings. The number of rotatable bonds is 9. The maximum atomic E-state index is 6.68. The minimum absolute atomic E-state index is 0.202. The summed E-state index contributed by atoms with van der Waals surface area (Å²) in [5, 5.41) is 7.32. The van der Waals surface area contributed by atoms with Crippen LogP contribution in [0.5, 0.6) is 0 Å². The standard InChI is InChI=1S/C90H56BN3OSe/c1-5-24-57(25-6-1)66-37-21-38-67(58-26-7-2-8-27-58)89(66)93-79-50-46-62(65-36-23-44-84-87(65)73-35-15-19-43-83(73)95-84)53-76(79)91-75-49-48-64(92-77-41-17-13-32-70(77)71-33-14-18-42-78(71)92)56-80(75)94(90-68(59-28-9-3-10-29-59)39-22-40-69(90)60-30-11-4-12-31-60)82-55-63(54-81(93)88(82)91)61-47-51-86-74(52-61)72-34-16-20-45-85(72)96-86/h1-56H. The SMILES string of the molecule is c1ccc(-c2cccc(-c3ccccc3)c2N2c3ccc(-c4cccc5oc6ccccc6c45)cc3B3c4ccc(-n5c6ccccc6c6ccccc65)cc4N(c4c(-c5ccccc5)cccc4-c4ccccc4)c4cc(-c5ccc6[se]c7ccccc7c6c5)cc2c43)cc1. The first-order chi connectivity index (χ1) is 47.6. The summed E-state index contributed by atoms with van der Waals surface area (Å²) in [6.45, 7) is -0.267. The summed E-state index contributed by atoms with van der Waals surface area (Å²) < 4.78 is 12.0. The smallest absolute Gasteiger partial charge is 0.0616 e. The Hall–Kier alpha value is -11.9. The van der Waals surface area contributed by atoms with Crippen LogP contribution in [0, 0.1) is 0 Å². The molecule has 0 unspecified atom stereocenters. The molecule has 2 aliphatic rings. The van der Waals surface area contributed by atoms with E-state index >= 15 is 0 Å². The molecule has 2 aliphatic heterocycles. The van der Waals surface area contributed by atoms with Crippen LogP contribution in [0.25, 0.3) is 135 Å². The summed E-state index contributed by atoms with van der Waals surface area (Å²) in [5.74, 6) is 0. The zero-order valence-electron chi connectivity index (χ0n) is 52.1. The van der Waals surface area contributed by atoms with Gasteiger partial charge in [0.1, 0.15) is 11.2 Å². The van der Waals surface area contributed by atoms with Crippen molar-refractivity contribution in [2.45, 2.75) is 0 Å². The molecule has 0 spiro atoms. The van der Waals surface area contributed by atoms with Crippen LogP contribution in [-0.2, 0) is 0 Å². The molecule has 0 amide bonds. The molecular weight excluding hydrogens is 1230 g/mol. The average molecular weight is 1290 g/mol. The molecule has 4 nitrogen and oxygen atoms in total. The third-order valence-electron chi connectivity index (χ3n) is 20.2. The number of nitrogens with zero attached hydrogens (tertiary/aromatic N) is 3. The zero-order chi connectivity index (χ0) is 63.0. The molecule has 15 aromatic carbocycles. The summed E-state index contributed by atoms with van der Waals surface area (Å²) in [6, 6.07) is 127. The monoisotopic (exact) mass is 1290 g/mol. The molecule has 96 heavy (non-hydrogen) atoms. The fraction of sp³-hybridized carbons (Fsp3) is 0. The van der Waals surface area contributed by atoms with E-state index in [1.807, 2.05) is 0 Å². The molecule has 0 N–H and O–H groups in total. The molecule has 446 valence electrons. The fourth-order valence-corrected chi connectivity index (χ4v) is 18.3. The van der Waals surface area contributed by atoms with Crippen LogP contribution in [0.2, 0.25) is 0 Å². The summed E-state index contributed by atoms with van der Waals surface area (Å²) >= 11 is 0.202. The number of fused-ring (bicyclic) bond motifs is 13. The Morgan fingerprint density at radius 3 is 1.35 bits per heavy atom. The first-order valence-corrected chi connectivity index (χ1v) is 34.7. The first-order valence-electron chi connectivity index (χ1n) is 33.0. The number of benzene rings is 15. The first kappa shape index (κ1) is 54.6. The Balaban J connectivity index is 0.972. The molecule has 0 fully saturated rings. The predicted molar refractivity (Wildman–Crippen MR) is 407 cm³/mol. The second-order valence-electron chi connectivity index (χ2n) is 25.4. The van der Waals surface area contributed by atoms with E-state index in [-0.39, 0.29) is 21.2 Å². The molecular formula is C90H56BN3OSe. The van der Waals surface area contributed by atoms with Gasteiger partial charge < -0.3 is 4.42 Å². The number of anilines is 6. The van der Waals surface area contributed by atoms with Gasteiger partial charge in [0.15, 0.2) is 0 Å². The summed E-state index contributed by atoms with van der Waals surface area (Å²) in [6.07, 6.45) is 0. The molecule has 0 radical (unpaired) electrons. The molecule has 20 rings (SSSR count). The van der Waals surface area contributed by atoms with Crippen molar-refractivity contribution in [3.63, 3.8) is 0 Å². The van der Waals surface area contributed by atoms with Gasteiger partial charge in [-0.25, -0.2) is 0 Å². The number of para-hydroxylation sites is 5. The van der Waals surface area contributed by atoms with E-state index in [2.05, 4.69) is 354 Å². The Kier molecular flexibility index (Phi) is 12.4. The van der Waals surface area contributed by atoms with Gasteiger partial charge in [-0.2, -0.15) is 0 Å². The van der Waals surface area contributed by atoms with Gasteiger partial charge >= 0.3 is 348 Å². The van der Waals surface area contributed by atoms with E-state index in [0.717, 1.165) is 134 Å². The number of furan rings is 1. The van der Waals surface area contributed by atoms with E-state index in [1.54, 1.807) is 0 Å². The summed E-state index contributed by atoms with van der Waals surface area (Å²) in [5.41, 5.74) is 29.2. The average Bonchev–Trinajstić information content (AvgIpc) is 0.823. The number of aromatic nitrogens is 1. The Morgan fingerprint density at radius 2 is 0.750 bits per heavy atom. The minimum Gasteiger partial charge on any atom is -0.0616 e. The van der Waals surface area contributed by atoms with Crippen LogP contribution >= 0.6 is 0 Å². The van der Waals surface area contributed by atoms with Crippen LogP contribution in [0.1, 0.15) is 0 Å². The van der Waals surface area contributed by atoms with Gasteiger partial charge in [0, 0.05) is 21.5 Å². The van der Waals surface area contributed by atoms with E-state index in [0.29, 0.717) is 0 Å². The minimum atomic E-state index is -0.267. The van der Waals surface area contributed by atoms with Crippen LogP contribution in [0.15, 0.2) is 344 Å². The summed E-state index contributed by atoms with van der Waals surface area (Å²) in [4.78, 5) is 5.35. The van der Waals surface area contributed by atoms with Crippen LogP contribution in [0.3, 0.4) is 0 Å². The third kappa shape index (κ3) is 8.43. The van der Waals surface area contributed by atoms with Gasteiger partial charge in [-0.05, 0) is 29.8 Å². The van der Waals surface area contributed by atoms with E-state index in [9.17, 15) is 0 Å². The van der Waals surface area contributed by atoms with E-state index < -0.39 is 0 Å². The van der Waals surface area contributed by atoms with Crippen LogP contribution in [-0.4, -0.2) is 25.8 Å². The molecule has 5 heterocycles. The quantitative estimate of drug-likeness (QED) is 0.135. The van der Waals surface area contributed by atoms with Gasteiger partial charge in [-0.15, -0.1) is 0 Å². The van der Waals surface area contributed by atoms with Gasteiger partial charge in [-0.1, -0.05) is 140 Å². The Labute approximate surface area is 561 Å². The molecule has 0 aliphatic carbocycles. The topological polar surface area (TPSA) is 24.6 Å². The number of hydrogen-bond donors (Lipinski definition) is 0. The van der Waals surface area contributed by atoms with E-state index in [1.165, 1.54) is 52.0 Å². The second-order valence-corrected chi connectivity index (χ2v) is 27.6. The zero-order valence-corrected chi connectivity index (χ0v) is 53.8. The number of hydrogen-bond acceptors (Lipinski definition) is 3.